The Morgan fingerprint density at radius 2 is 1.71 bits per heavy atom. The summed E-state index contributed by atoms with van der Waals surface area (Å²) in [7, 11) is 0. The number of rotatable bonds is 5. The van der Waals surface area contributed by atoms with E-state index in [1.165, 1.54) is 16.9 Å². The van der Waals surface area contributed by atoms with E-state index in [-0.39, 0.29) is 5.91 Å². The van der Waals surface area contributed by atoms with E-state index in [1.807, 2.05) is 66.7 Å². The second-order valence-corrected chi connectivity index (χ2v) is 8.39. The predicted molar refractivity (Wildman–Crippen MR) is 125 cm³/mol. The lowest BCUT2D eigenvalue weighted by Gasteiger charge is -2.19. The second-order valence-electron chi connectivity index (χ2n) is 7.38. The molecule has 0 radical (unpaired) electrons. The van der Waals surface area contributed by atoms with Crippen molar-refractivity contribution in [2.24, 2.45) is 0 Å². The highest BCUT2D eigenvalue weighted by atomic mass is 32.1. The molecule has 31 heavy (non-hydrogen) atoms. The quantitative estimate of drug-likeness (QED) is 0.315. The van der Waals surface area contributed by atoms with Gasteiger partial charge in [-0.1, -0.05) is 59.9 Å². The van der Waals surface area contributed by atoms with E-state index in [9.17, 15) is 4.79 Å². The van der Waals surface area contributed by atoms with Gasteiger partial charge in [0.15, 0.2) is 5.13 Å². The Labute approximate surface area is 184 Å². The minimum Gasteiger partial charge on any atom is -0.467 e. The molecule has 0 spiro atoms. The number of aromatic nitrogens is 1. The normalized spacial score (nSPS) is 11.0. The molecule has 5 aromatic rings. The van der Waals surface area contributed by atoms with E-state index in [1.54, 1.807) is 11.2 Å². The lowest BCUT2D eigenvalue weighted by molar-refractivity contribution is 0.0983. The van der Waals surface area contributed by atoms with Crippen molar-refractivity contribution in [3.63, 3.8) is 0 Å². The number of furan rings is 1. The van der Waals surface area contributed by atoms with Crippen molar-refractivity contribution in [2.45, 2.75) is 13.5 Å². The van der Waals surface area contributed by atoms with Gasteiger partial charge >= 0.3 is 0 Å². The van der Waals surface area contributed by atoms with E-state index in [2.05, 4.69) is 25.1 Å². The Balaban J connectivity index is 1.50. The fraction of sp³-hybridized carbons (Fsp3) is 0.0769. The van der Waals surface area contributed by atoms with Crippen molar-refractivity contribution in [2.75, 3.05) is 4.90 Å². The van der Waals surface area contributed by atoms with Crippen LogP contribution in [-0.4, -0.2) is 10.9 Å². The third-order valence-electron chi connectivity index (χ3n) is 5.14. The zero-order valence-corrected chi connectivity index (χ0v) is 17.8. The summed E-state index contributed by atoms with van der Waals surface area (Å²) in [5, 5.41) is 0.661. The average molecular weight is 425 g/mol. The summed E-state index contributed by atoms with van der Waals surface area (Å²) in [5.41, 5.74) is 4.87. The van der Waals surface area contributed by atoms with E-state index < -0.39 is 0 Å². The molecule has 0 fully saturated rings. The number of carbonyl (C=O) groups is 1. The fourth-order valence-corrected chi connectivity index (χ4v) is 4.57. The van der Waals surface area contributed by atoms with Crippen molar-refractivity contribution in [1.29, 1.82) is 0 Å². The van der Waals surface area contributed by atoms with Crippen molar-refractivity contribution in [3.8, 4) is 11.1 Å². The first kappa shape index (κ1) is 19.3. The van der Waals surface area contributed by atoms with Gasteiger partial charge in [-0.05, 0) is 60.0 Å². The third kappa shape index (κ3) is 4.00. The van der Waals surface area contributed by atoms with Crippen molar-refractivity contribution in [1.82, 2.24) is 4.98 Å². The van der Waals surface area contributed by atoms with Crippen LogP contribution in [0.4, 0.5) is 5.13 Å². The average Bonchev–Trinajstić information content (AvgIpc) is 3.47. The maximum Gasteiger partial charge on any atom is 0.260 e. The largest absolute Gasteiger partial charge is 0.467 e. The van der Waals surface area contributed by atoms with E-state index in [0.717, 1.165) is 21.3 Å². The van der Waals surface area contributed by atoms with Crippen LogP contribution in [0.25, 0.3) is 21.3 Å². The molecule has 0 aliphatic rings. The van der Waals surface area contributed by atoms with Crippen LogP contribution in [0.15, 0.2) is 95.6 Å². The summed E-state index contributed by atoms with van der Waals surface area (Å²) in [6.07, 6.45) is 1.62. The van der Waals surface area contributed by atoms with Crippen LogP contribution in [0.5, 0.6) is 0 Å². The van der Waals surface area contributed by atoms with E-state index >= 15 is 0 Å². The zero-order valence-electron chi connectivity index (χ0n) is 17.0. The Morgan fingerprint density at radius 3 is 2.45 bits per heavy atom. The Bertz CT molecular complexity index is 1320. The number of nitrogens with zero attached hydrogens (tertiary/aromatic N) is 2. The molecule has 2 aromatic heterocycles. The number of fused-ring (bicyclic) bond motifs is 1. The monoisotopic (exact) mass is 424 g/mol. The molecule has 5 heteroatoms. The number of amides is 1. The lowest BCUT2D eigenvalue weighted by Crippen LogP contribution is -2.30. The molecule has 0 saturated carbocycles. The molecule has 0 aliphatic carbocycles. The van der Waals surface area contributed by atoms with Crippen LogP contribution in [0.1, 0.15) is 21.7 Å². The van der Waals surface area contributed by atoms with Crippen molar-refractivity contribution >= 4 is 32.6 Å². The van der Waals surface area contributed by atoms with Crippen LogP contribution < -0.4 is 4.90 Å². The second kappa shape index (κ2) is 8.20. The molecular formula is C26H20N2O2S. The van der Waals surface area contributed by atoms with E-state index in [0.29, 0.717) is 23.0 Å². The van der Waals surface area contributed by atoms with Crippen molar-refractivity contribution in [3.05, 3.63) is 108 Å². The minimum absolute atomic E-state index is 0.105. The molecule has 0 N–H and O–H groups in total. The van der Waals surface area contributed by atoms with Gasteiger partial charge in [-0.15, -0.1) is 0 Å². The van der Waals surface area contributed by atoms with Gasteiger partial charge < -0.3 is 4.42 Å². The summed E-state index contributed by atoms with van der Waals surface area (Å²) in [5.74, 6) is 0.608. The van der Waals surface area contributed by atoms with Crippen LogP contribution in [0.3, 0.4) is 0 Å². The molecule has 0 bridgehead atoms. The standard InChI is InChI=1S/C26H20N2O2S/c1-18-9-14-23-24(16-18)31-26(27-23)28(17-22-8-5-15-30-22)25(29)21-12-10-20(11-13-21)19-6-3-2-4-7-19/h2-16H,17H2,1H3. The number of thiazole rings is 1. The summed E-state index contributed by atoms with van der Waals surface area (Å²) < 4.78 is 6.59. The molecule has 0 atom stereocenters. The predicted octanol–water partition coefficient (Wildman–Crippen LogP) is 6.71. The van der Waals surface area contributed by atoms with E-state index in [4.69, 9.17) is 9.40 Å². The zero-order chi connectivity index (χ0) is 21.2. The molecule has 2 heterocycles. The molecule has 4 nitrogen and oxygen atoms in total. The number of aryl methyl sites for hydroxylation is 1. The van der Waals surface area contributed by atoms with Gasteiger partial charge in [0.05, 0.1) is 23.0 Å². The van der Waals surface area contributed by atoms with Gasteiger partial charge in [0.2, 0.25) is 0 Å². The van der Waals surface area contributed by atoms with Crippen LogP contribution >= 0.6 is 11.3 Å². The molecule has 5 rings (SSSR count). The Hall–Kier alpha value is -3.70. The lowest BCUT2D eigenvalue weighted by atomic mass is 10.0. The fourth-order valence-electron chi connectivity index (χ4n) is 3.51. The number of anilines is 1. The summed E-state index contributed by atoms with van der Waals surface area (Å²) in [6, 6.07) is 27.7. The smallest absolute Gasteiger partial charge is 0.260 e. The topological polar surface area (TPSA) is 46.3 Å². The Morgan fingerprint density at radius 1 is 0.935 bits per heavy atom. The number of hydrogen-bond donors (Lipinski definition) is 0. The SMILES string of the molecule is Cc1ccc2nc(N(Cc3ccco3)C(=O)c3ccc(-c4ccccc4)cc3)sc2c1. The molecule has 0 aliphatic heterocycles. The highest BCUT2D eigenvalue weighted by Gasteiger charge is 2.23. The van der Waals surface area contributed by atoms with Crippen LogP contribution in [0.2, 0.25) is 0 Å². The number of benzene rings is 3. The van der Waals surface area contributed by atoms with Crippen molar-refractivity contribution < 1.29 is 9.21 Å². The van der Waals surface area contributed by atoms with Gasteiger partial charge in [0.25, 0.3) is 5.91 Å². The Kier molecular flexibility index (Phi) is 5.10. The number of carbonyl (C=O) groups excluding carboxylic acids is 1. The molecule has 3 aromatic carbocycles. The highest BCUT2D eigenvalue weighted by molar-refractivity contribution is 7.22. The molecule has 0 unspecified atom stereocenters. The molecule has 0 saturated heterocycles. The van der Waals surface area contributed by atoms with Crippen LogP contribution in [0, 0.1) is 6.92 Å². The summed E-state index contributed by atoms with van der Waals surface area (Å²) in [4.78, 5) is 19.9. The van der Waals surface area contributed by atoms with Gasteiger partial charge in [0.1, 0.15) is 5.76 Å². The third-order valence-corrected chi connectivity index (χ3v) is 6.18. The van der Waals surface area contributed by atoms with Gasteiger partial charge in [-0.2, -0.15) is 0 Å². The van der Waals surface area contributed by atoms with Gasteiger partial charge in [0, 0.05) is 5.56 Å². The minimum atomic E-state index is -0.105. The maximum absolute atomic E-state index is 13.5. The first-order valence-corrected chi connectivity index (χ1v) is 10.9. The maximum atomic E-state index is 13.5. The van der Waals surface area contributed by atoms with Crippen LogP contribution in [-0.2, 0) is 6.54 Å². The first-order chi connectivity index (χ1) is 15.2. The molecule has 1 amide bonds. The summed E-state index contributed by atoms with van der Waals surface area (Å²) in [6.45, 7) is 2.38. The van der Waals surface area contributed by atoms with Gasteiger partial charge in [-0.3, -0.25) is 9.69 Å². The van der Waals surface area contributed by atoms with Gasteiger partial charge in [-0.25, -0.2) is 4.98 Å². The number of hydrogen-bond acceptors (Lipinski definition) is 4. The molecule has 152 valence electrons. The first-order valence-electron chi connectivity index (χ1n) is 10.0. The molecular weight excluding hydrogens is 404 g/mol. The summed E-state index contributed by atoms with van der Waals surface area (Å²) >= 11 is 1.52. The highest BCUT2D eigenvalue weighted by Crippen LogP contribution is 2.32.